The van der Waals surface area contributed by atoms with E-state index in [4.69, 9.17) is 9.15 Å². The summed E-state index contributed by atoms with van der Waals surface area (Å²) < 4.78 is 11.3. The van der Waals surface area contributed by atoms with Crippen LogP contribution in [0.15, 0.2) is 28.7 Å². The second-order valence-electron chi connectivity index (χ2n) is 6.46. The molecule has 0 fully saturated rings. The predicted molar refractivity (Wildman–Crippen MR) is 84.7 cm³/mol. The van der Waals surface area contributed by atoms with Crippen LogP contribution >= 0.6 is 0 Å². The van der Waals surface area contributed by atoms with Gasteiger partial charge < -0.3 is 14.5 Å². The zero-order chi connectivity index (χ0) is 15.9. The number of aryl methyl sites for hydroxylation is 2. The predicted octanol–water partition coefficient (Wildman–Crippen LogP) is 3.96. The van der Waals surface area contributed by atoms with Crippen LogP contribution in [0, 0.1) is 6.92 Å². The number of hydrogen-bond donors (Lipinski definition) is 1. The van der Waals surface area contributed by atoms with E-state index < -0.39 is 0 Å². The normalized spacial score (nSPS) is 15.5. The lowest BCUT2D eigenvalue weighted by molar-refractivity contribution is 0.0930. The molecule has 0 unspecified atom stereocenters. The lowest BCUT2D eigenvalue weighted by Crippen LogP contribution is -2.16. The Balaban J connectivity index is 1.90. The summed E-state index contributed by atoms with van der Waals surface area (Å²) in [4.78, 5) is 11.5. The van der Waals surface area contributed by atoms with Gasteiger partial charge >= 0.3 is 0 Å². The molecule has 0 saturated carbocycles. The maximum Gasteiger partial charge on any atom is 0.290 e. The smallest absolute Gasteiger partial charge is 0.290 e. The Hall–Kier alpha value is -2.23. The molecule has 0 saturated heterocycles. The molecule has 1 aromatic heterocycles. The fraction of sp³-hybridized carbons (Fsp3) is 0.389. The molecule has 22 heavy (non-hydrogen) atoms. The first-order chi connectivity index (χ1) is 10.4. The number of carbonyl (C=O) groups is 1. The van der Waals surface area contributed by atoms with Crippen LogP contribution in [-0.4, -0.2) is 13.0 Å². The van der Waals surface area contributed by atoms with Crippen LogP contribution in [0.25, 0.3) is 0 Å². The van der Waals surface area contributed by atoms with Gasteiger partial charge in [-0.3, -0.25) is 4.79 Å². The Bertz CT molecular complexity index is 728. The summed E-state index contributed by atoms with van der Waals surface area (Å²) in [5.74, 6) is 1.10. The third-order valence-corrected chi connectivity index (χ3v) is 4.39. The minimum Gasteiger partial charge on any atom is -0.426 e. The molecule has 1 N–H and O–H groups in total. The van der Waals surface area contributed by atoms with Gasteiger partial charge in [-0.25, -0.2) is 0 Å². The molecule has 0 aliphatic heterocycles. The van der Waals surface area contributed by atoms with Gasteiger partial charge in [0.2, 0.25) is 0 Å². The molecule has 0 spiro atoms. The van der Waals surface area contributed by atoms with Crippen LogP contribution in [0.3, 0.4) is 0 Å². The Morgan fingerprint density at radius 3 is 2.82 bits per heavy atom. The van der Waals surface area contributed by atoms with Crippen molar-refractivity contribution in [1.82, 2.24) is 5.32 Å². The maximum absolute atomic E-state index is 11.5. The molecular weight excluding hydrogens is 278 g/mol. The summed E-state index contributed by atoms with van der Waals surface area (Å²) in [6.45, 7) is 6.55. The first-order valence-corrected chi connectivity index (χ1v) is 7.54. The second kappa shape index (κ2) is 5.20. The average Bonchev–Trinajstić information content (AvgIpc) is 3.05. The zero-order valence-corrected chi connectivity index (χ0v) is 13.4. The zero-order valence-electron chi connectivity index (χ0n) is 13.4. The Morgan fingerprint density at radius 2 is 2.09 bits per heavy atom. The van der Waals surface area contributed by atoms with E-state index in [0.29, 0.717) is 5.95 Å². The number of furan rings is 1. The Morgan fingerprint density at radius 1 is 1.32 bits per heavy atom. The minimum absolute atomic E-state index is 0.178. The van der Waals surface area contributed by atoms with Crippen molar-refractivity contribution >= 4 is 5.91 Å². The molecule has 0 atom stereocenters. The van der Waals surface area contributed by atoms with Crippen molar-refractivity contribution in [2.75, 3.05) is 7.05 Å². The van der Waals surface area contributed by atoms with E-state index in [1.165, 1.54) is 11.1 Å². The summed E-state index contributed by atoms with van der Waals surface area (Å²) in [6, 6.07) is 7.59. The third kappa shape index (κ3) is 2.49. The lowest BCUT2D eigenvalue weighted by Gasteiger charge is -2.20. The van der Waals surface area contributed by atoms with E-state index in [1.54, 1.807) is 19.2 Å². The van der Waals surface area contributed by atoms with Gasteiger partial charge in [-0.1, -0.05) is 19.9 Å². The van der Waals surface area contributed by atoms with E-state index in [2.05, 4.69) is 31.3 Å². The van der Waals surface area contributed by atoms with Crippen LogP contribution in [0.5, 0.6) is 11.7 Å². The Labute approximate surface area is 130 Å². The molecule has 4 heteroatoms. The fourth-order valence-electron chi connectivity index (χ4n) is 3.01. The van der Waals surface area contributed by atoms with Crippen molar-refractivity contribution in [3.05, 3.63) is 46.7 Å². The van der Waals surface area contributed by atoms with Crippen molar-refractivity contribution in [3.8, 4) is 11.7 Å². The summed E-state index contributed by atoms with van der Waals surface area (Å²) >= 11 is 0. The number of ether oxygens (including phenoxy) is 1. The van der Waals surface area contributed by atoms with Crippen molar-refractivity contribution < 1.29 is 13.9 Å². The van der Waals surface area contributed by atoms with Gasteiger partial charge in [0.25, 0.3) is 11.9 Å². The van der Waals surface area contributed by atoms with Gasteiger partial charge in [0, 0.05) is 13.1 Å². The molecule has 3 rings (SSSR count). The summed E-state index contributed by atoms with van der Waals surface area (Å²) in [5.41, 5.74) is 4.00. The van der Waals surface area contributed by atoms with Gasteiger partial charge in [-0.2, -0.15) is 0 Å². The largest absolute Gasteiger partial charge is 0.426 e. The van der Waals surface area contributed by atoms with Crippen molar-refractivity contribution in [2.24, 2.45) is 0 Å². The number of hydrogen-bond acceptors (Lipinski definition) is 3. The number of nitrogens with one attached hydrogen (secondary N) is 1. The number of fused-ring (bicyclic) bond motifs is 1. The molecule has 1 aliphatic carbocycles. The van der Waals surface area contributed by atoms with Crippen molar-refractivity contribution in [3.63, 3.8) is 0 Å². The highest BCUT2D eigenvalue weighted by Crippen LogP contribution is 2.42. The number of amides is 1. The van der Waals surface area contributed by atoms with Crippen molar-refractivity contribution in [1.29, 1.82) is 0 Å². The molecule has 1 amide bonds. The molecule has 1 heterocycles. The molecule has 4 nitrogen and oxygen atoms in total. The molecule has 0 bridgehead atoms. The lowest BCUT2D eigenvalue weighted by atomic mass is 9.86. The van der Waals surface area contributed by atoms with Crippen LogP contribution in [0.4, 0.5) is 0 Å². The van der Waals surface area contributed by atoms with Gasteiger partial charge in [0.15, 0.2) is 5.76 Å². The van der Waals surface area contributed by atoms with Crippen LogP contribution in [0.2, 0.25) is 0 Å². The van der Waals surface area contributed by atoms with Crippen LogP contribution in [0.1, 0.15) is 47.5 Å². The number of benzene rings is 1. The first kappa shape index (κ1) is 14.7. The fourth-order valence-corrected chi connectivity index (χ4v) is 3.01. The van der Waals surface area contributed by atoms with E-state index >= 15 is 0 Å². The number of carbonyl (C=O) groups excluding carboxylic acids is 1. The topological polar surface area (TPSA) is 51.5 Å². The second-order valence-corrected chi connectivity index (χ2v) is 6.46. The van der Waals surface area contributed by atoms with E-state index in [-0.39, 0.29) is 17.1 Å². The average molecular weight is 299 g/mol. The number of rotatable bonds is 3. The van der Waals surface area contributed by atoms with E-state index in [0.717, 1.165) is 24.2 Å². The molecule has 0 radical (unpaired) electrons. The van der Waals surface area contributed by atoms with Gasteiger partial charge in [0.1, 0.15) is 5.75 Å². The van der Waals surface area contributed by atoms with Crippen LogP contribution < -0.4 is 10.1 Å². The highest BCUT2D eigenvalue weighted by atomic mass is 16.6. The highest BCUT2D eigenvalue weighted by Gasteiger charge is 2.30. The first-order valence-electron chi connectivity index (χ1n) is 7.54. The summed E-state index contributed by atoms with van der Waals surface area (Å²) in [7, 11) is 1.57. The molecule has 2 aromatic rings. The molecule has 1 aliphatic rings. The maximum atomic E-state index is 11.5. The van der Waals surface area contributed by atoms with E-state index in [9.17, 15) is 4.79 Å². The van der Waals surface area contributed by atoms with Crippen LogP contribution in [-0.2, 0) is 11.8 Å². The molecule has 116 valence electrons. The van der Waals surface area contributed by atoms with Gasteiger partial charge in [0.05, 0.1) is 0 Å². The Kier molecular flexibility index (Phi) is 3.47. The van der Waals surface area contributed by atoms with E-state index in [1.807, 2.05) is 6.92 Å². The summed E-state index contributed by atoms with van der Waals surface area (Å²) in [6.07, 6.45) is 2.28. The van der Waals surface area contributed by atoms with Crippen molar-refractivity contribution in [2.45, 2.75) is 39.0 Å². The SMILES string of the molecule is CNC(=O)c1ccc(Oc2cc3c(cc2C)CCC3(C)C)o1. The van der Waals surface area contributed by atoms with Gasteiger partial charge in [-0.15, -0.1) is 0 Å². The highest BCUT2D eigenvalue weighted by molar-refractivity contribution is 5.91. The monoisotopic (exact) mass is 299 g/mol. The summed E-state index contributed by atoms with van der Waals surface area (Å²) in [5, 5.41) is 2.53. The molecular formula is C18H21NO3. The quantitative estimate of drug-likeness (QED) is 0.933. The van der Waals surface area contributed by atoms with Gasteiger partial charge in [-0.05, 0) is 54.0 Å². The molecule has 1 aromatic carbocycles. The minimum atomic E-state index is -0.262. The third-order valence-electron chi connectivity index (χ3n) is 4.39. The standard InChI is InChI=1S/C18H21NO3/c1-11-9-12-7-8-18(2,3)13(12)10-15(11)22-16-6-5-14(21-16)17(20)19-4/h5-6,9-10H,7-8H2,1-4H3,(H,19,20).